The molecule has 0 spiro atoms. The Kier molecular flexibility index (Phi) is 4.39. The van der Waals surface area contributed by atoms with Crippen LogP contribution in [0.25, 0.3) is 51.8 Å². The Balaban J connectivity index is 1.35. The van der Waals surface area contributed by atoms with Gasteiger partial charge in [0.15, 0.2) is 0 Å². The normalized spacial score (nSPS) is 12.2. The average Bonchev–Trinajstić information content (AvgIpc) is 3.34. The first-order valence-electron chi connectivity index (χ1n) is 10.1. The Bertz CT molecular complexity index is 1580. The molecule has 0 fully saturated rings. The van der Waals surface area contributed by atoms with Gasteiger partial charge in [-0.05, 0) is 46.5 Å². The summed E-state index contributed by atoms with van der Waals surface area (Å²) in [5.74, 6) is 0. The fraction of sp³-hybridized carbons (Fsp3) is 0.0370. The summed E-state index contributed by atoms with van der Waals surface area (Å²) in [5, 5.41) is 2.60. The van der Waals surface area contributed by atoms with E-state index >= 15 is 0 Å². The summed E-state index contributed by atoms with van der Waals surface area (Å²) in [6.45, 7) is 0. The molecule has 5 heteroatoms. The van der Waals surface area contributed by atoms with Crippen molar-refractivity contribution in [3.05, 3.63) is 96.6 Å². The summed E-state index contributed by atoms with van der Waals surface area (Å²) < 4.78 is 43.7. The molecule has 0 N–H and O–H groups in total. The molecule has 0 aliphatic carbocycles. The Morgan fingerprint density at radius 2 is 1.00 bits per heavy atom. The van der Waals surface area contributed by atoms with Crippen molar-refractivity contribution in [2.24, 2.45) is 0 Å². The Hall–Kier alpha value is -3.15. The van der Waals surface area contributed by atoms with Crippen LogP contribution in [0.1, 0.15) is 5.56 Å². The molecule has 0 saturated carbocycles. The van der Waals surface area contributed by atoms with Crippen molar-refractivity contribution in [1.29, 1.82) is 0 Å². The first kappa shape index (κ1) is 19.5. The lowest BCUT2D eigenvalue weighted by Crippen LogP contribution is -2.03. The largest absolute Gasteiger partial charge is 0.416 e. The summed E-state index contributed by atoms with van der Waals surface area (Å²) in [7, 11) is 0. The van der Waals surface area contributed by atoms with Gasteiger partial charge in [-0.15, -0.1) is 22.7 Å². The smallest absolute Gasteiger partial charge is 0.166 e. The van der Waals surface area contributed by atoms with E-state index in [1.807, 2.05) is 46.9 Å². The predicted octanol–water partition coefficient (Wildman–Crippen LogP) is 9.62. The van der Waals surface area contributed by atoms with Crippen LogP contribution in [0, 0.1) is 0 Å². The van der Waals surface area contributed by atoms with Crippen molar-refractivity contribution in [3.63, 3.8) is 0 Å². The molecule has 0 radical (unpaired) electrons. The topological polar surface area (TPSA) is 0 Å². The highest BCUT2D eigenvalue weighted by molar-refractivity contribution is 7.36. The third-order valence-corrected chi connectivity index (χ3v) is 8.27. The number of hydrogen-bond acceptors (Lipinski definition) is 2. The molecular weight excluding hydrogens is 445 g/mol. The molecule has 4 aromatic carbocycles. The van der Waals surface area contributed by atoms with Crippen molar-refractivity contribution in [2.45, 2.75) is 6.18 Å². The van der Waals surface area contributed by atoms with Crippen LogP contribution in [0.5, 0.6) is 0 Å². The van der Waals surface area contributed by atoms with Crippen LogP contribution in [0.3, 0.4) is 0 Å². The van der Waals surface area contributed by atoms with E-state index in [4.69, 9.17) is 0 Å². The van der Waals surface area contributed by atoms with Gasteiger partial charge in [0.1, 0.15) is 0 Å². The van der Waals surface area contributed by atoms with Crippen molar-refractivity contribution in [2.75, 3.05) is 0 Å². The molecule has 2 heterocycles. The molecule has 6 rings (SSSR count). The number of alkyl halides is 3. The number of fused-ring (bicyclic) bond motifs is 5. The minimum Gasteiger partial charge on any atom is -0.166 e. The molecule has 32 heavy (non-hydrogen) atoms. The fourth-order valence-corrected chi connectivity index (χ4v) is 6.78. The lowest BCUT2D eigenvalue weighted by Gasteiger charge is -2.08. The van der Waals surface area contributed by atoms with E-state index in [1.165, 1.54) is 41.7 Å². The first-order valence-corrected chi connectivity index (χ1v) is 11.7. The highest BCUT2D eigenvalue weighted by Crippen LogP contribution is 2.45. The van der Waals surface area contributed by atoms with E-state index < -0.39 is 11.7 Å². The average molecular weight is 461 g/mol. The van der Waals surface area contributed by atoms with Gasteiger partial charge in [-0.2, -0.15) is 13.2 Å². The van der Waals surface area contributed by atoms with Gasteiger partial charge in [0, 0.05) is 20.2 Å². The second-order valence-electron chi connectivity index (χ2n) is 7.72. The van der Waals surface area contributed by atoms with Crippen LogP contribution in [0.4, 0.5) is 13.2 Å². The Morgan fingerprint density at radius 1 is 0.500 bits per heavy atom. The number of benzene rings is 4. The maximum atomic E-state index is 12.8. The molecule has 2 aromatic heterocycles. The first-order chi connectivity index (χ1) is 15.5. The number of rotatable bonds is 2. The third kappa shape index (κ3) is 3.20. The highest BCUT2D eigenvalue weighted by atomic mass is 32.1. The van der Waals surface area contributed by atoms with E-state index in [0.717, 1.165) is 34.4 Å². The van der Waals surface area contributed by atoms with E-state index in [0.29, 0.717) is 0 Å². The number of halogens is 3. The fourth-order valence-electron chi connectivity index (χ4n) is 4.09. The van der Waals surface area contributed by atoms with Crippen molar-refractivity contribution >= 4 is 52.2 Å². The minimum absolute atomic E-state index is 0.630. The molecular formula is C27H15F3S2. The van der Waals surface area contributed by atoms with Gasteiger partial charge in [-0.3, -0.25) is 0 Å². The molecule has 0 aliphatic rings. The minimum atomic E-state index is -4.32. The summed E-state index contributed by atoms with van der Waals surface area (Å²) in [5.41, 5.74) is 3.26. The monoisotopic (exact) mass is 460 g/mol. The zero-order valence-electron chi connectivity index (χ0n) is 16.6. The van der Waals surface area contributed by atoms with Crippen LogP contribution in [-0.4, -0.2) is 0 Å². The lowest BCUT2D eigenvalue weighted by atomic mass is 9.99. The van der Waals surface area contributed by atoms with Gasteiger partial charge in [0.25, 0.3) is 0 Å². The molecule has 0 amide bonds. The van der Waals surface area contributed by atoms with Crippen molar-refractivity contribution < 1.29 is 13.2 Å². The van der Waals surface area contributed by atoms with Crippen molar-refractivity contribution in [3.8, 4) is 22.3 Å². The van der Waals surface area contributed by atoms with E-state index in [-0.39, 0.29) is 0 Å². The number of thiophene rings is 2. The SMILES string of the molecule is FC(F)(F)c1ccc(-c2ccc(-c3ccc4c(c3)sc3c5ccccc5sc43)cc2)cc1. The maximum absolute atomic E-state index is 12.8. The van der Waals surface area contributed by atoms with E-state index in [1.54, 1.807) is 0 Å². The summed E-state index contributed by atoms with van der Waals surface area (Å²) in [6, 6.07) is 28.4. The van der Waals surface area contributed by atoms with Gasteiger partial charge in [0.2, 0.25) is 0 Å². The quantitative estimate of drug-likeness (QED) is 0.241. The summed E-state index contributed by atoms with van der Waals surface area (Å²) in [4.78, 5) is 0. The van der Waals surface area contributed by atoms with Crippen LogP contribution >= 0.6 is 22.7 Å². The van der Waals surface area contributed by atoms with Crippen molar-refractivity contribution in [1.82, 2.24) is 0 Å². The highest BCUT2D eigenvalue weighted by Gasteiger charge is 2.29. The van der Waals surface area contributed by atoms with E-state index in [9.17, 15) is 13.2 Å². The van der Waals surface area contributed by atoms with E-state index in [2.05, 4.69) is 42.5 Å². The van der Waals surface area contributed by atoms with Gasteiger partial charge < -0.3 is 0 Å². The zero-order valence-corrected chi connectivity index (χ0v) is 18.2. The summed E-state index contributed by atoms with van der Waals surface area (Å²) in [6.07, 6.45) is -4.32. The van der Waals surface area contributed by atoms with Gasteiger partial charge in [0.05, 0.1) is 15.0 Å². The molecule has 0 saturated heterocycles. The zero-order chi connectivity index (χ0) is 21.9. The second-order valence-corrected chi connectivity index (χ2v) is 9.83. The maximum Gasteiger partial charge on any atom is 0.416 e. The molecule has 156 valence electrons. The molecule has 0 aliphatic heterocycles. The Morgan fingerprint density at radius 3 is 1.66 bits per heavy atom. The Labute approximate surface area is 190 Å². The molecule has 0 nitrogen and oxygen atoms in total. The summed E-state index contributed by atoms with van der Waals surface area (Å²) >= 11 is 3.67. The molecule has 0 unspecified atom stereocenters. The number of hydrogen-bond donors (Lipinski definition) is 0. The third-order valence-electron chi connectivity index (χ3n) is 5.75. The lowest BCUT2D eigenvalue weighted by molar-refractivity contribution is -0.137. The van der Waals surface area contributed by atoms with Crippen LogP contribution < -0.4 is 0 Å². The van der Waals surface area contributed by atoms with Crippen LogP contribution in [-0.2, 0) is 6.18 Å². The molecule has 0 atom stereocenters. The van der Waals surface area contributed by atoms with Gasteiger partial charge >= 0.3 is 6.18 Å². The van der Waals surface area contributed by atoms with Gasteiger partial charge in [-0.25, -0.2) is 0 Å². The standard InChI is InChI=1S/C27H15F3S2/c28-27(29,30)20-12-9-17(10-13-20)16-5-7-18(8-6-16)19-11-14-22-24(15-19)32-25-21-3-1-2-4-23(21)31-26(22)25/h1-15H. The predicted molar refractivity (Wildman–Crippen MR) is 131 cm³/mol. The molecule has 0 bridgehead atoms. The van der Waals surface area contributed by atoms with Gasteiger partial charge in [-0.1, -0.05) is 66.7 Å². The van der Waals surface area contributed by atoms with Crippen LogP contribution in [0.15, 0.2) is 91.0 Å². The van der Waals surface area contributed by atoms with Crippen LogP contribution in [0.2, 0.25) is 0 Å². The molecule has 6 aromatic rings. The second kappa shape index (κ2) is 7.19.